The minimum atomic E-state index is -0.874. The first-order valence-corrected chi connectivity index (χ1v) is 8.37. The van der Waals surface area contributed by atoms with Crippen LogP contribution in [-0.4, -0.2) is 40.2 Å². The number of carbonyl (C=O) groups excluding carboxylic acids is 1. The maximum absolute atomic E-state index is 12.3. The predicted molar refractivity (Wildman–Crippen MR) is 83.4 cm³/mol. The molecule has 1 amide bonds. The van der Waals surface area contributed by atoms with E-state index >= 15 is 0 Å². The van der Waals surface area contributed by atoms with Crippen LogP contribution in [0.5, 0.6) is 0 Å². The van der Waals surface area contributed by atoms with E-state index in [1.165, 1.54) is 0 Å². The van der Waals surface area contributed by atoms with Gasteiger partial charge in [0.05, 0.1) is 0 Å². The average molecular weight is 307 g/mol. The summed E-state index contributed by atoms with van der Waals surface area (Å²) in [4.78, 5) is 26.3. The number of thioether (sulfide) groups is 1. The van der Waals surface area contributed by atoms with Crippen molar-refractivity contribution in [1.82, 2.24) is 4.90 Å². The Labute approximate surface area is 129 Å². The Morgan fingerprint density at radius 3 is 2.67 bits per heavy atom. The molecule has 1 N–H and O–H groups in total. The molecule has 2 rings (SSSR count). The van der Waals surface area contributed by atoms with Gasteiger partial charge in [0.2, 0.25) is 5.91 Å². The van der Waals surface area contributed by atoms with Gasteiger partial charge in [-0.25, -0.2) is 4.79 Å². The number of benzene rings is 1. The van der Waals surface area contributed by atoms with Gasteiger partial charge in [-0.05, 0) is 25.0 Å². The molecule has 1 aromatic carbocycles. The van der Waals surface area contributed by atoms with Crippen molar-refractivity contribution in [2.75, 3.05) is 12.3 Å². The molecule has 0 aliphatic carbocycles. The lowest BCUT2D eigenvalue weighted by Gasteiger charge is -2.26. The van der Waals surface area contributed by atoms with Crippen LogP contribution in [0, 0.1) is 0 Å². The number of nitrogens with zero attached hydrogens (tertiary/aromatic N) is 1. The molecule has 114 valence electrons. The first-order chi connectivity index (χ1) is 10.2. The van der Waals surface area contributed by atoms with Crippen LogP contribution in [0.15, 0.2) is 35.2 Å². The highest BCUT2D eigenvalue weighted by atomic mass is 32.2. The molecule has 1 unspecified atom stereocenters. The van der Waals surface area contributed by atoms with E-state index in [9.17, 15) is 14.7 Å². The van der Waals surface area contributed by atoms with Crippen LogP contribution in [0.3, 0.4) is 0 Å². The van der Waals surface area contributed by atoms with Crippen LogP contribution in [0.25, 0.3) is 0 Å². The number of rotatable bonds is 5. The maximum atomic E-state index is 12.3. The van der Waals surface area contributed by atoms with Gasteiger partial charge in [-0.15, -0.1) is 11.8 Å². The Kier molecular flexibility index (Phi) is 6.11. The third-order valence-corrected chi connectivity index (χ3v) is 4.70. The molecule has 1 aliphatic rings. The Morgan fingerprint density at radius 1 is 1.19 bits per heavy atom. The summed E-state index contributed by atoms with van der Waals surface area (Å²) in [6, 6.07) is 9.30. The van der Waals surface area contributed by atoms with Crippen molar-refractivity contribution in [3.63, 3.8) is 0 Å². The van der Waals surface area contributed by atoms with Gasteiger partial charge in [0.15, 0.2) is 0 Å². The molecular weight excluding hydrogens is 286 g/mol. The molecule has 0 bridgehead atoms. The van der Waals surface area contributed by atoms with Gasteiger partial charge in [-0.2, -0.15) is 0 Å². The molecule has 1 fully saturated rings. The van der Waals surface area contributed by atoms with Gasteiger partial charge in [-0.1, -0.05) is 31.0 Å². The number of likely N-dealkylation sites (tertiary alicyclic amines) is 1. The van der Waals surface area contributed by atoms with E-state index in [0.717, 1.165) is 24.2 Å². The van der Waals surface area contributed by atoms with Gasteiger partial charge in [0.1, 0.15) is 6.04 Å². The van der Waals surface area contributed by atoms with Crippen molar-refractivity contribution in [1.29, 1.82) is 0 Å². The minimum Gasteiger partial charge on any atom is -0.480 e. The normalized spacial score (nSPS) is 19.0. The molecule has 21 heavy (non-hydrogen) atoms. The molecule has 0 spiro atoms. The lowest BCUT2D eigenvalue weighted by Crippen LogP contribution is -2.44. The van der Waals surface area contributed by atoms with E-state index in [-0.39, 0.29) is 5.91 Å². The lowest BCUT2D eigenvalue weighted by atomic mass is 10.1. The summed E-state index contributed by atoms with van der Waals surface area (Å²) < 4.78 is 0. The van der Waals surface area contributed by atoms with E-state index in [2.05, 4.69) is 0 Å². The van der Waals surface area contributed by atoms with Crippen LogP contribution in [0.1, 0.15) is 32.1 Å². The Bertz CT molecular complexity index is 478. The second-order valence-corrected chi connectivity index (χ2v) is 6.37. The molecule has 5 heteroatoms. The van der Waals surface area contributed by atoms with Gasteiger partial charge in [0.25, 0.3) is 0 Å². The summed E-state index contributed by atoms with van der Waals surface area (Å²) in [7, 11) is 0. The van der Waals surface area contributed by atoms with Crippen molar-refractivity contribution in [2.24, 2.45) is 0 Å². The van der Waals surface area contributed by atoms with E-state index in [4.69, 9.17) is 0 Å². The lowest BCUT2D eigenvalue weighted by molar-refractivity contribution is -0.150. The van der Waals surface area contributed by atoms with Crippen LogP contribution >= 0.6 is 11.8 Å². The fraction of sp³-hybridized carbons (Fsp3) is 0.500. The van der Waals surface area contributed by atoms with Crippen LogP contribution < -0.4 is 0 Å². The second-order valence-electron chi connectivity index (χ2n) is 5.20. The average Bonchev–Trinajstić information content (AvgIpc) is 2.74. The third kappa shape index (κ3) is 4.77. The highest BCUT2D eigenvalue weighted by molar-refractivity contribution is 7.99. The van der Waals surface area contributed by atoms with Crippen molar-refractivity contribution < 1.29 is 14.7 Å². The first-order valence-electron chi connectivity index (χ1n) is 7.38. The Morgan fingerprint density at radius 2 is 1.95 bits per heavy atom. The maximum Gasteiger partial charge on any atom is 0.326 e. The number of hydrogen-bond acceptors (Lipinski definition) is 3. The number of carbonyl (C=O) groups is 2. The summed E-state index contributed by atoms with van der Waals surface area (Å²) in [5.41, 5.74) is 0. The second kappa shape index (κ2) is 8.08. The van der Waals surface area contributed by atoms with Crippen LogP contribution in [0.2, 0.25) is 0 Å². The third-order valence-electron chi connectivity index (χ3n) is 3.69. The van der Waals surface area contributed by atoms with E-state index in [1.54, 1.807) is 16.7 Å². The zero-order valence-electron chi connectivity index (χ0n) is 12.0. The van der Waals surface area contributed by atoms with Crippen LogP contribution in [0.4, 0.5) is 0 Å². The van der Waals surface area contributed by atoms with Crippen LogP contribution in [-0.2, 0) is 9.59 Å². The van der Waals surface area contributed by atoms with Crippen molar-refractivity contribution in [3.05, 3.63) is 30.3 Å². The number of aliphatic carboxylic acids is 1. The SMILES string of the molecule is O=C(O)C1CCCCCN1C(=O)CCSc1ccccc1. The summed E-state index contributed by atoms with van der Waals surface area (Å²) in [6.45, 7) is 0.575. The molecule has 0 saturated carbocycles. The molecule has 1 aromatic rings. The molecular formula is C16H21NO3S. The zero-order chi connectivity index (χ0) is 15.1. The van der Waals surface area contributed by atoms with E-state index in [1.807, 2.05) is 30.3 Å². The Hall–Kier alpha value is -1.49. The van der Waals surface area contributed by atoms with Gasteiger partial charge < -0.3 is 10.0 Å². The predicted octanol–water partition coefficient (Wildman–Crippen LogP) is 3.02. The monoisotopic (exact) mass is 307 g/mol. The number of carboxylic acids is 1. The highest BCUT2D eigenvalue weighted by Crippen LogP contribution is 2.21. The molecule has 0 aromatic heterocycles. The molecule has 1 atom stereocenters. The number of hydrogen-bond donors (Lipinski definition) is 1. The van der Waals surface area contributed by atoms with Crippen molar-refractivity contribution in [2.45, 2.75) is 43.0 Å². The van der Waals surface area contributed by atoms with Gasteiger partial charge in [-0.3, -0.25) is 4.79 Å². The molecule has 4 nitrogen and oxygen atoms in total. The molecule has 0 radical (unpaired) electrons. The first kappa shape index (κ1) is 15.9. The van der Waals surface area contributed by atoms with Gasteiger partial charge >= 0.3 is 5.97 Å². The molecule has 1 heterocycles. The van der Waals surface area contributed by atoms with E-state index < -0.39 is 12.0 Å². The van der Waals surface area contributed by atoms with Gasteiger partial charge in [0, 0.05) is 23.6 Å². The number of amides is 1. The fourth-order valence-electron chi connectivity index (χ4n) is 2.58. The topological polar surface area (TPSA) is 57.6 Å². The summed E-state index contributed by atoms with van der Waals surface area (Å²) >= 11 is 1.63. The summed E-state index contributed by atoms with van der Waals surface area (Å²) in [5, 5.41) is 9.29. The summed E-state index contributed by atoms with van der Waals surface area (Å²) in [6.07, 6.45) is 3.77. The minimum absolute atomic E-state index is 0.0345. The smallest absolute Gasteiger partial charge is 0.326 e. The quantitative estimate of drug-likeness (QED) is 0.850. The summed E-state index contributed by atoms with van der Waals surface area (Å²) in [5.74, 6) is -0.222. The largest absolute Gasteiger partial charge is 0.480 e. The fourth-order valence-corrected chi connectivity index (χ4v) is 3.44. The number of carboxylic acid groups (broad SMARTS) is 1. The standard InChI is InChI=1S/C16H21NO3S/c18-15(10-12-21-13-7-3-1-4-8-13)17-11-6-2-5-9-14(17)16(19)20/h1,3-4,7-8,14H,2,5-6,9-12H2,(H,19,20). The van der Waals surface area contributed by atoms with Crippen molar-refractivity contribution in [3.8, 4) is 0 Å². The zero-order valence-corrected chi connectivity index (χ0v) is 12.8. The van der Waals surface area contributed by atoms with E-state index in [0.29, 0.717) is 25.1 Å². The molecule has 1 aliphatic heterocycles. The van der Waals surface area contributed by atoms with Crippen molar-refractivity contribution >= 4 is 23.6 Å². The Balaban J connectivity index is 1.87. The highest BCUT2D eigenvalue weighted by Gasteiger charge is 2.30. The molecule has 1 saturated heterocycles.